The van der Waals surface area contributed by atoms with E-state index in [1.165, 1.54) is 0 Å². The van der Waals surface area contributed by atoms with Gasteiger partial charge in [0.25, 0.3) is 0 Å². The molecule has 3 heteroatoms. The predicted octanol–water partition coefficient (Wildman–Crippen LogP) is 5.10. The topological polar surface area (TPSA) is 30.2 Å². The number of fused-ring (bicyclic) bond motifs is 1. The van der Waals surface area contributed by atoms with Crippen molar-refractivity contribution in [2.75, 3.05) is 0 Å². The Morgan fingerprint density at radius 2 is 2.26 bits per heavy atom. The Morgan fingerprint density at radius 1 is 1.42 bits per heavy atom. The van der Waals surface area contributed by atoms with Crippen LogP contribution in [0, 0.1) is 11.8 Å². The molecule has 2 nitrogen and oxygen atoms in total. The lowest BCUT2D eigenvalue weighted by molar-refractivity contribution is 0.0893. The van der Waals surface area contributed by atoms with Crippen LogP contribution in [0.3, 0.4) is 0 Å². The van der Waals surface area contributed by atoms with Crippen LogP contribution in [0.25, 0.3) is 11.0 Å². The zero-order valence-corrected chi connectivity index (χ0v) is 11.7. The fraction of sp³-hybridized carbons (Fsp3) is 0.438. The molecule has 19 heavy (non-hydrogen) atoms. The molecule has 100 valence electrons. The van der Waals surface area contributed by atoms with Crippen molar-refractivity contribution in [2.45, 2.75) is 32.6 Å². The van der Waals surface area contributed by atoms with Gasteiger partial charge in [0.15, 0.2) is 11.3 Å². The number of benzene rings is 1. The van der Waals surface area contributed by atoms with E-state index in [1.54, 1.807) is 6.07 Å². The molecule has 0 amide bonds. The van der Waals surface area contributed by atoms with Crippen molar-refractivity contribution >= 4 is 28.4 Å². The highest BCUT2D eigenvalue weighted by molar-refractivity contribution is 6.34. The van der Waals surface area contributed by atoms with E-state index in [0.717, 1.165) is 31.1 Å². The molecular weight excluding hydrogens is 260 g/mol. The fourth-order valence-corrected chi connectivity index (χ4v) is 3.25. The van der Waals surface area contributed by atoms with Crippen molar-refractivity contribution in [2.24, 2.45) is 11.8 Å². The number of rotatable bonds is 3. The van der Waals surface area contributed by atoms with Crippen LogP contribution in [0.4, 0.5) is 0 Å². The van der Waals surface area contributed by atoms with E-state index in [0.29, 0.717) is 22.3 Å². The van der Waals surface area contributed by atoms with Crippen molar-refractivity contribution in [3.8, 4) is 0 Å². The van der Waals surface area contributed by atoms with Gasteiger partial charge in [-0.15, -0.1) is 0 Å². The van der Waals surface area contributed by atoms with Crippen LogP contribution in [0.2, 0.25) is 5.02 Å². The summed E-state index contributed by atoms with van der Waals surface area (Å²) in [6.45, 7) is 2.19. The summed E-state index contributed by atoms with van der Waals surface area (Å²) in [6, 6.07) is 7.40. The third-order valence-electron chi connectivity index (χ3n) is 4.23. The second-order valence-electron chi connectivity index (χ2n) is 5.42. The van der Waals surface area contributed by atoms with Crippen LogP contribution in [-0.2, 0) is 0 Å². The molecule has 0 aliphatic heterocycles. The predicted molar refractivity (Wildman–Crippen MR) is 76.7 cm³/mol. The van der Waals surface area contributed by atoms with Crippen LogP contribution in [0.5, 0.6) is 0 Å². The van der Waals surface area contributed by atoms with Gasteiger partial charge in [-0.3, -0.25) is 4.79 Å². The molecule has 0 bridgehead atoms. The lowest BCUT2D eigenvalue weighted by atomic mass is 9.98. The van der Waals surface area contributed by atoms with Gasteiger partial charge in [0.05, 0.1) is 5.02 Å². The number of carbonyl (C=O) groups excluding carboxylic acids is 1. The summed E-state index contributed by atoms with van der Waals surface area (Å²) in [5.41, 5.74) is 0.623. The zero-order valence-electron chi connectivity index (χ0n) is 11.0. The quantitative estimate of drug-likeness (QED) is 0.731. The van der Waals surface area contributed by atoms with Gasteiger partial charge in [0, 0.05) is 11.3 Å². The summed E-state index contributed by atoms with van der Waals surface area (Å²) in [5, 5.41) is 1.47. The van der Waals surface area contributed by atoms with Crippen molar-refractivity contribution in [3.63, 3.8) is 0 Å². The van der Waals surface area contributed by atoms with E-state index in [-0.39, 0.29) is 11.7 Å². The molecule has 1 aliphatic carbocycles. The number of para-hydroxylation sites is 1. The highest BCUT2D eigenvalue weighted by Gasteiger charge is 2.31. The van der Waals surface area contributed by atoms with Crippen LogP contribution in [-0.4, -0.2) is 5.78 Å². The van der Waals surface area contributed by atoms with E-state index in [4.69, 9.17) is 16.0 Å². The number of Topliss-reactive ketones (excluding diaryl/α,β-unsaturated/α-hetero) is 1. The van der Waals surface area contributed by atoms with Gasteiger partial charge in [0.1, 0.15) is 0 Å². The van der Waals surface area contributed by atoms with Gasteiger partial charge in [-0.25, -0.2) is 0 Å². The molecule has 1 aromatic heterocycles. The van der Waals surface area contributed by atoms with Gasteiger partial charge in [-0.1, -0.05) is 37.1 Å². The van der Waals surface area contributed by atoms with E-state index >= 15 is 0 Å². The Kier molecular flexibility index (Phi) is 3.36. The molecule has 2 atom stereocenters. The molecule has 2 aromatic rings. The summed E-state index contributed by atoms with van der Waals surface area (Å²) >= 11 is 6.08. The number of hydrogen-bond donors (Lipinski definition) is 0. The first kappa shape index (κ1) is 12.7. The highest BCUT2D eigenvalue weighted by atomic mass is 35.5. The van der Waals surface area contributed by atoms with Gasteiger partial charge >= 0.3 is 0 Å². The number of hydrogen-bond acceptors (Lipinski definition) is 2. The Labute approximate surface area is 117 Å². The van der Waals surface area contributed by atoms with E-state index in [2.05, 4.69) is 6.92 Å². The zero-order chi connectivity index (χ0) is 13.4. The van der Waals surface area contributed by atoms with E-state index in [9.17, 15) is 4.79 Å². The Bertz CT molecular complexity index is 614. The average Bonchev–Trinajstić information content (AvgIpc) is 3.05. The van der Waals surface area contributed by atoms with E-state index in [1.807, 2.05) is 18.2 Å². The molecule has 1 saturated carbocycles. The highest BCUT2D eigenvalue weighted by Crippen LogP contribution is 2.36. The van der Waals surface area contributed by atoms with Gasteiger partial charge in [-0.05, 0) is 37.3 Å². The minimum Gasteiger partial charge on any atom is -0.451 e. The molecule has 0 radical (unpaired) electrons. The summed E-state index contributed by atoms with van der Waals surface area (Å²) < 4.78 is 5.66. The van der Waals surface area contributed by atoms with Crippen molar-refractivity contribution in [3.05, 3.63) is 35.0 Å². The first-order valence-electron chi connectivity index (χ1n) is 6.91. The molecule has 0 saturated heterocycles. The SMILES string of the molecule is CCC1CCC(C(=O)c2cc3cccc(Cl)c3o2)C1. The van der Waals surface area contributed by atoms with Gasteiger partial charge in [0.2, 0.25) is 5.78 Å². The lowest BCUT2D eigenvalue weighted by Gasteiger charge is -2.06. The van der Waals surface area contributed by atoms with Gasteiger partial charge < -0.3 is 4.42 Å². The second kappa shape index (κ2) is 5.01. The molecule has 1 fully saturated rings. The minimum absolute atomic E-state index is 0.129. The smallest absolute Gasteiger partial charge is 0.201 e. The molecular formula is C16H17ClO2. The number of ketones is 1. The number of furan rings is 1. The van der Waals surface area contributed by atoms with Gasteiger partial charge in [-0.2, -0.15) is 0 Å². The molecule has 2 unspecified atom stereocenters. The number of carbonyl (C=O) groups is 1. The maximum Gasteiger partial charge on any atom is 0.201 e. The van der Waals surface area contributed by atoms with Crippen molar-refractivity contribution in [1.29, 1.82) is 0 Å². The largest absolute Gasteiger partial charge is 0.451 e. The van der Waals surface area contributed by atoms with Crippen LogP contribution >= 0.6 is 11.6 Å². The van der Waals surface area contributed by atoms with Crippen molar-refractivity contribution < 1.29 is 9.21 Å². The molecule has 1 aromatic carbocycles. The third kappa shape index (κ3) is 2.30. The van der Waals surface area contributed by atoms with Crippen LogP contribution in [0.1, 0.15) is 43.2 Å². The Hall–Kier alpha value is -1.28. The minimum atomic E-state index is 0.129. The summed E-state index contributed by atoms with van der Waals surface area (Å²) in [7, 11) is 0. The Balaban J connectivity index is 1.88. The summed E-state index contributed by atoms with van der Waals surface area (Å²) in [5.74, 6) is 1.43. The monoisotopic (exact) mass is 276 g/mol. The first-order valence-corrected chi connectivity index (χ1v) is 7.29. The first-order chi connectivity index (χ1) is 9.19. The number of halogens is 1. The summed E-state index contributed by atoms with van der Waals surface area (Å²) in [4.78, 5) is 12.5. The maximum atomic E-state index is 12.5. The van der Waals surface area contributed by atoms with Crippen LogP contribution in [0.15, 0.2) is 28.7 Å². The third-order valence-corrected chi connectivity index (χ3v) is 4.53. The molecule has 1 heterocycles. The summed E-state index contributed by atoms with van der Waals surface area (Å²) in [6.07, 6.45) is 4.31. The second-order valence-corrected chi connectivity index (χ2v) is 5.82. The molecule has 1 aliphatic rings. The van der Waals surface area contributed by atoms with E-state index < -0.39 is 0 Å². The average molecular weight is 277 g/mol. The van der Waals surface area contributed by atoms with Crippen molar-refractivity contribution in [1.82, 2.24) is 0 Å². The lowest BCUT2D eigenvalue weighted by Crippen LogP contribution is -2.10. The fourth-order valence-electron chi connectivity index (χ4n) is 3.03. The van der Waals surface area contributed by atoms with Crippen LogP contribution < -0.4 is 0 Å². The standard InChI is InChI=1S/C16H17ClO2/c1-2-10-6-7-11(8-10)15(18)14-9-12-4-3-5-13(17)16(12)19-14/h3-5,9-11H,2,6-8H2,1H3. The molecule has 3 rings (SSSR count). The maximum absolute atomic E-state index is 12.5. The molecule has 0 N–H and O–H groups in total. The molecule has 0 spiro atoms. The normalized spacial score (nSPS) is 23.1. The Morgan fingerprint density at radius 3 is 2.95 bits per heavy atom.